The second-order valence-electron chi connectivity index (χ2n) is 4.09. The van der Waals surface area contributed by atoms with Gasteiger partial charge in [-0.25, -0.2) is 9.18 Å². The summed E-state index contributed by atoms with van der Waals surface area (Å²) in [5, 5.41) is 8.64. The van der Waals surface area contributed by atoms with Crippen LogP contribution in [0.25, 0.3) is 6.08 Å². The summed E-state index contributed by atoms with van der Waals surface area (Å²) in [5.74, 6) is 0.810. The first-order valence-electron chi connectivity index (χ1n) is 5.95. The number of carboxylic acids is 1. The summed E-state index contributed by atoms with van der Waals surface area (Å²) < 4.78 is 18.4. The lowest BCUT2D eigenvalue weighted by Gasteiger charge is -2.05. The van der Waals surface area contributed by atoms with E-state index in [2.05, 4.69) is 0 Å². The lowest BCUT2D eigenvalue weighted by molar-refractivity contribution is -0.131. The van der Waals surface area contributed by atoms with Gasteiger partial charge in [0.1, 0.15) is 11.6 Å². The molecule has 104 valence electrons. The predicted octanol–water partition coefficient (Wildman–Crippen LogP) is 3.95. The first kappa shape index (κ1) is 14.4. The van der Waals surface area contributed by atoms with E-state index in [1.807, 2.05) is 12.1 Å². The van der Waals surface area contributed by atoms with Crippen LogP contribution in [0.1, 0.15) is 16.9 Å². The van der Waals surface area contributed by atoms with Gasteiger partial charge in [0.15, 0.2) is 0 Å². The molecule has 0 saturated heterocycles. The third kappa shape index (κ3) is 4.28. The van der Waals surface area contributed by atoms with Crippen molar-refractivity contribution in [3.05, 3.63) is 65.4 Å². The van der Waals surface area contributed by atoms with Gasteiger partial charge < -0.3 is 9.52 Å². The second kappa shape index (κ2) is 6.96. The van der Waals surface area contributed by atoms with E-state index in [0.717, 1.165) is 17.4 Å². The van der Waals surface area contributed by atoms with Gasteiger partial charge in [-0.1, -0.05) is 6.07 Å². The predicted molar refractivity (Wildman–Crippen MR) is 76.8 cm³/mol. The Morgan fingerprint density at radius 3 is 2.90 bits per heavy atom. The molecule has 0 amide bonds. The number of carboxylic acid groups (broad SMARTS) is 1. The van der Waals surface area contributed by atoms with E-state index in [0.29, 0.717) is 17.1 Å². The monoisotopic (exact) mass is 292 g/mol. The molecule has 0 bridgehead atoms. The van der Waals surface area contributed by atoms with Crippen molar-refractivity contribution in [3.63, 3.8) is 0 Å². The van der Waals surface area contributed by atoms with Crippen LogP contribution in [0, 0.1) is 5.82 Å². The zero-order valence-corrected chi connectivity index (χ0v) is 11.4. The van der Waals surface area contributed by atoms with Crippen LogP contribution in [-0.2, 0) is 16.3 Å². The van der Waals surface area contributed by atoms with E-state index >= 15 is 0 Å². The number of rotatable bonds is 6. The molecule has 2 rings (SSSR count). The van der Waals surface area contributed by atoms with E-state index in [9.17, 15) is 9.18 Å². The van der Waals surface area contributed by atoms with Crippen molar-refractivity contribution >= 4 is 23.8 Å². The van der Waals surface area contributed by atoms with E-state index < -0.39 is 5.97 Å². The van der Waals surface area contributed by atoms with Crippen LogP contribution >= 0.6 is 11.8 Å². The van der Waals surface area contributed by atoms with Crippen LogP contribution in [0.5, 0.6) is 0 Å². The van der Waals surface area contributed by atoms with Gasteiger partial charge in [-0.3, -0.25) is 0 Å². The zero-order chi connectivity index (χ0) is 14.4. The van der Waals surface area contributed by atoms with Crippen molar-refractivity contribution < 1.29 is 18.7 Å². The first-order chi connectivity index (χ1) is 9.65. The molecule has 0 unspecified atom stereocenters. The van der Waals surface area contributed by atoms with Crippen molar-refractivity contribution in [1.82, 2.24) is 0 Å². The quantitative estimate of drug-likeness (QED) is 0.819. The maximum absolute atomic E-state index is 13.2. The van der Waals surface area contributed by atoms with Crippen LogP contribution in [0.3, 0.4) is 0 Å². The number of thioether (sulfide) groups is 1. The standard InChI is InChI=1S/C15H13FO3S/c16-13-5-3-12(11(8-13)4-6-15(17)18)9-20-10-14-2-1-7-19-14/h1-8H,9-10H2,(H,17,18). The molecule has 0 atom stereocenters. The topological polar surface area (TPSA) is 50.4 Å². The molecule has 3 nitrogen and oxygen atoms in total. The minimum atomic E-state index is -1.05. The highest BCUT2D eigenvalue weighted by Crippen LogP contribution is 2.22. The Morgan fingerprint density at radius 2 is 2.20 bits per heavy atom. The van der Waals surface area contributed by atoms with Gasteiger partial charge in [-0.2, -0.15) is 0 Å². The Hall–Kier alpha value is -2.01. The Morgan fingerprint density at radius 1 is 1.35 bits per heavy atom. The van der Waals surface area contributed by atoms with Crippen LogP contribution in [0.4, 0.5) is 4.39 Å². The van der Waals surface area contributed by atoms with Crippen LogP contribution < -0.4 is 0 Å². The number of hydrogen-bond donors (Lipinski definition) is 1. The van der Waals surface area contributed by atoms with Crippen LogP contribution in [0.2, 0.25) is 0 Å². The minimum absolute atomic E-state index is 0.380. The van der Waals surface area contributed by atoms with Crippen molar-refractivity contribution in [3.8, 4) is 0 Å². The molecule has 0 aliphatic heterocycles. The van der Waals surface area contributed by atoms with Gasteiger partial charge in [-0.15, -0.1) is 11.8 Å². The van der Waals surface area contributed by atoms with Gasteiger partial charge in [0.25, 0.3) is 0 Å². The van der Waals surface area contributed by atoms with Gasteiger partial charge >= 0.3 is 5.97 Å². The molecule has 1 N–H and O–H groups in total. The zero-order valence-electron chi connectivity index (χ0n) is 10.6. The van der Waals surface area contributed by atoms with E-state index in [1.54, 1.807) is 24.1 Å². The Balaban J connectivity index is 2.04. The smallest absolute Gasteiger partial charge is 0.328 e. The molecule has 5 heteroatoms. The van der Waals surface area contributed by atoms with E-state index in [-0.39, 0.29) is 5.82 Å². The van der Waals surface area contributed by atoms with Crippen molar-refractivity contribution in [2.24, 2.45) is 0 Å². The molecule has 0 saturated carbocycles. The molecule has 0 spiro atoms. The van der Waals surface area contributed by atoms with Crippen LogP contribution in [-0.4, -0.2) is 11.1 Å². The third-order valence-corrected chi connectivity index (χ3v) is 3.60. The lowest BCUT2D eigenvalue weighted by Crippen LogP contribution is -1.91. The van der Waals surface area contributed by atoms with Crippen molar-refractivity contribution in [2.45, 2.75) is 11.5 Å². The molecule has 0 aliphatic carbocycles. The first-order valence-corrected chi connectivity index (χ1v) is 7.10. The normalized spacial score (nSPS) is 11.1. The summed E-state index contributed by atoms with van der Waals surface area (Å²) >= 11 is 1.62. The highest BCUT2D eigenvalue weighted by atomic mass is 32.2. The summed E-state index contributed by atoms with van der Waals surface area (Å²) in [4.78, 5) is 10.5. The minimum Gasteiger partial charge on any atom is -0.478 e. The van der Waals surface area contributed by atoms with Crippen LogP contribution in [0.15, 0.2) is 47.1 Å². The van der Waals surface area contributed by atoms with Gasteiger partial charge in [0.2, 0.25) is 0 Å². The van der Waals surface area contributed by atoms with Gasteiger partial charge in [0.05, 0.1) is 12.0 Å². The SMILES string of the molecule is O=C(O)C=Cc1cc(F)ccc1CSCc1ccco1. The molecule has 1 aromatic carbocycles. The fourth-order valence-corrected chi connectivity index (χ4v) is 2.62. The fourth-order valence-electron chi connectivity index (χ4n) is 1.67. The van der Waals surface area contributed by atoms with E-state index in [1.165, 1.54) is 18.2 Å². The summed E-state index contributed by atoms with van der Waals surface area (Å²) in [6, 6.07) is 8.10. The van der Waals surface area contributed by atoms with Gasteiger partial charge in [-0.05, 0) is 41.5 Å². The number of furan rings is 1. The molecular formula is C15H13FO3S. The van der Waals surface area contributed by atoms with E-state index in [4.69, 9.17) is 9.52 Å². The summed E-state index contributed by atoms with van der Waals surface area (Å²) in [6.45, 7) is 0. The molecule has 0 radical (unpaired) electrons. The lowest BCUT2D eigenvalue weighted by atomic mass is 10.1. The Kier molecular flexibility index (Phi) is 5.01. The second-order valence-corrected chi connectivity index (χ2v) is 5.07. The molecule has 20 heavy (non-hydrogen) atoms. The Bertz CT molecular complexity index is 606. The fraction of sp³-hybridized carbons (Fsp3) is 0.133. The maximum Gasteiger partial charge on any atom is 0.328 e. The third-order valence-electron chi connectivity index (χ3n) is 2.60. The van der Waals surface area contributed by atoms with Crippen molar-refractivity contribution in [1.29, 1.82) is 0 Å². The highest BCUT2D eigenvalue weighted by Gasteiger charge is 2.04. The summed E-state index contributed by atoms with van der Waals surface area (Å²) in [6.07, 6.45) is 4.04. The molecule has 0 fully saturated rings. The van der Waals surface area contributed by atoms with Crippen molar-refractivity contribution in [2.75, 3.05) is 0 Å². The molecule has 0 aliphatic rings. The summed E-state index contributed by atoms with van der Waals surface area (Å²) in [7, 11) is 0. The molecule has 1 aromatic heterocycles. The average Bonchev–Trinajstić information content (AvgIpc) is 2.91. The average molecular weight is 292 g/mol. The van der Waals surface area contributed by atoms with Gasteiger partial charge in [0, 0.05) is 11.8 Å². The molecular weight excluding hydrogens is 279 g/mol. The number of aliphatic carboxylic acids is 1. The molecule has 1 heterocycles. The number of benzene rings is 1. The highest BCUT2D eigenvalue weighted by molar-refractivity contribution is 7.97. The summed E-state index contributed by atoms with van der Waals surface area (Å²) in [5.41, 5.74) is 1.47. The molecule has 2 aromatic rings. The number of halogens is 1. The largest absolute Gasteiger partial charge is 0.478 e. The number of hydrogen-bond acceptors (Lipinski definition) is 3. The number of carbonyl (C=O) groups is 1. The maximum atomic E-state index is 13.2. The Labute approximate surface area is 120 Å².